The lowest BCUT2D eigenvalue weighted by Gasteiger charge is -2.34. The number of aromatic nitrogens is 3. The van der Waals surface area contributed by atoms with E-state index in [1.807, 2.05) is 6.92 Å². The van der Waals surface area contributed by atoms with Crippen LogP contribution in [-0.2, 0) is 4.79 Å². The molecule has 2 aliphatic rings. The number of carbonyl (C=O) groups is 2. The lowest BCUT2D eigenvalue weighted by molar-refractivity contribution is -0.125. The van der Waals surface area contributed by atoms with Gasteiger partial charge in [0, 0.05) is 17.8 Å². The second-order valence-electron chi connectivity index (χ2n) is 10.7. The van der Waals surface area contributed by atoms with Crippen molar-refractivity contribution in [3.05, 3.63) is 41.1 Å². The first-order valence-electron chi connectivity index (χ1n) is 13.2. The van der Waals surface area contributed by atoms with Crippen LogP contribution in [0, 0.1) is 31.5 Å². The molecule has 2 amide bonds. The Balaban J connectivity index is 1.41. The van der Waals surface area contributed by atoms with Crippen molar-refractivity contribution in [1.29, 1.82) is 0 Å². The van der Waals surface area contributed by atoms with Crippen LogP contribution in [0.5, 0.6) is 5.75 Å². The largest absolute Gasteiger partial charge is 0.492 e. The van der Waals surface area contributed by atoms with Crippen LogP contribution in [0.2, 0.25) is 0 Å². The van der Waals surface area contributed by atoms with Gasteiger partial charge in [-0.3, -0.25) is 9.59 Å². The van der Waals surface area contributed by atoms with Crippen molar-refractivity contribution in [2.75, 3.05) is 13.2 Å². The molecule has 0 spiro atoms. The summed E-state index contributed by atoms with van der Waals surface area (Å²) in [5.41, 5.74) is 3.04. The van der Waals surface area contributed by atoms with Gasteiger partial charge in [-0.25, -0.2) is 14.4 Å². The van der Waals surface area contributed by atoms with Gasteiger partial charge in [0.2, 0.25) is 5.91 Å². The van der Waals surface area contributed by atoms with E-state index in [2.05, 4.69) is 25.6 Å². The number of benzene rings is 1. The van der Waals surface area contributed by atoms with Crippen LogP contribution < -0.4 is 15.4 Å². The molecule has 38 heavy (non-hydrogen) atoms. The third-order valence-electron chi connectivity index (χ3n) is 7.70. The number of ether oxygens (including phenoxy) is 1. The van der Waals surface area contributed by atoms with E-state index < -0.39 is 12.4 Å². The standard InChI is InChI=1S/C28H34FN5O4/c1-14-4-9-20(38-12-17-5-6-17)23(24(14)29)26-27-25(30-13-31-26)22(16(3)32-27)28(37)33-18-7-8-19(15(2)10-18)34-21(36)11-35/h4,9,13,15,17-19,32,35H,5-8,10-12H2,1-3H3,(H,33,37)(H,34,36)/t15-,18-,19-/m1/s1. The average molecular weight is 524 g/mol. The van der Waals surface area contributed by atoms with E-state index in [0.29, 0.717) is 71.1 Å². The minimum atomic E-state index is -0.534. The number of carbonyl (C=O) groups excluding carboxylic acids is 2. The molecule has 5 rings (SSSR count). The van der Waals surface area contributed by atoms with Crippen molar-refractivity contribution in [3.63, 3.8) is 0 Å². The number of H-pyrrole nitrogens is 1. The number of amides is 2. The van der Waals surface area contributed by atoms with Crippen LogP contribution in [0.15, 0.2) is 18.5 Å². The number of nitrogens with zero attached hydrogens (tertiary/aromatic N) is 2. The number of fused-ring (bicyclic) bond motifs is 1. The Morgan fingerprint density at radius 2 is 1.95 bits per heavy atom. The van der Waals surface area contributed by atoms with Crippen molar-refractivity contribution in [1.82, 2.24) is 25.6 Å². The lowest BCUT2D eigenvalue weighted by atomic mass is 9.82. The fourth-order valence-electron chi connectivity index (χ4n) is 5.34. The summed E-state index contributed by atoms with van der Waals surface area (Å²) in [6, 6.07) is 3.37. The third-order valence-corrected chi connectivity index (χ3v) is 7.70. The Hall–Kier alpha value is -3.53. The van der Waals surface area contributed by atoms with E-state index in [0.717, 1.165) is 12.8 Å². The molecule has 0 radical (unpaired) electrons. The highest BCUT2D eigenvalue weighted by Gasteiger charge is 2.31. The molecule has 4 N–H and O–H groups in total. The molecule has 3 aromatic rings. The van der Waals surface area contributed by atoms with E-state index in [9.17, 15) is 9.59 Å². The summed E-state index contributed by atoms with van der Waals surface area (Å²) in [7, 11) is 0. The summed E-state index contributed by atoms with van der Waals surface area (Å²) in [4.78, 5) is 37.1. The summed E-state index contributed by atoms with van der Waals surface area (Å²) in [6.45, 7) is 5.52. The van der Waals surface area contributed by atoms with E-state index in [-0.39, 0.29) is 35.4 Å². The van der Waals surface area contributed by atoms with Crippen molar-refractivity contribution in [2.45, 2.75) is 65.0 Å². The minimum absolute atomic E-state index is 0.0338. The zero-order chi connectivity index (χ0) is 27.0. The van der Waals surface area contributed by atoms with Crippen LogP contribution in [0.25, 0.3) is 22.3 Å². The predicted octanol–water partition coefficient (Wildman–Crippen LogP) is 3.57. The van der Waals surface area contributed by atoms with Gasteiger partial charge in [0.15, 0.2) is 0 Å². The Bertz CT molecular complexity index is 1370. The molecule has 2 saturated carbocycles. The number of nitrogens with one attached hydrogen (secondary N) is 3. The van der Waals surface area contributed by atoms with Gasteiger partial charge < -0.3 is 25.5 Å². The third kappa shape index (κ3) is 5.22. The maximum atomic E-state index is 15.5. The van der Waals surface area contributed by atoms with Crippen LogP contribution in [-0.4, -0.2) is 57.2 Å². The summed E-state index contributed by atoms with van der Waals surface area (Å²) in [6.07, 6.45) is 5.68. The first-order chi connectivity index (χ1) is 18.3. The highest BCUT2D eigenvalue weighted by Crippen LogP contribution is 2.39. The molecule has 2 heterocycles. The Morgan fingerprint density at radius 1 is 1.16 bits per heavy atom. The molecule has 0 aliphatic heterocycles. The summed E-state index contributed by atoms with van der Waals surface area (Å²) < 4.78 is 21.5. The number of hydrogen-bond acceptors (Lipinski definition) is 6. The number of rotatable bonds is 8. The molecule has 0 bridgehead atoms. The Kier molecular flexibility index (Phi) is 7.34. The molecular formula is C28H34FN5O4. The lowest BCUT2D eigenvalue weighted by Crippen LogP contribution is -2.48. The van der Waals surface area contributed by atoms with E-state index >= 15 is 4.39 Å². The number of aliphatic hydroxyl groups is 1. The van der Waals surface area contributed by atoms with Gasteiger partial charge >= 0.3 is 0 Å². The molecule has 9 nitrogen and oxygen atoms in total. The molecule has 0 unspecified atom stereocenters. The maximum absolute atomic E-state index is 15.5. The Labute approximate surface area is 220 Å². The smallest absolute Gasteiger partial charge is 0.255 e. The van der Waals surface area contributed by atoms with Gasteiger partial charge in [-0.1, -0.05) is 13.0 Å². The first-order valence-corrected chi connectivity index (χ1v) is 13.2. The molecule has 3 atom stereocenters. The monoisotopic (exact) mass is 523 g/mol. The van der Waals surface area contributed by atoms with Gasteiger partial charge in [0.05, 0.1) is 23.3 Å². The van der Waals surface area contributed by atoms with Gasteiger partial charge in [-0.05, 0) is 69.4 Å². The Morgan fingerprint density at radius 3 is 2.66 bits per heavy atom. The fourth-order valence-corrected chi connectivity index (χ4v) is 5.34. The maximum Gasteiger partial charge on any atom is 0.255 e. The molecule has 1 aromatic carbocycles. The summed E-state index contributed by atoms with van der Waals surface area (Å²) in [5, 5.41) is 15.0. The second-order valence-corrected chi connectivity index (χ2v) is 10.7. The van der Waals surface area contributed by atoms with Gasteiger partial charge in [-0.2, -0.15) is 0 Å². The van der Waals surface area contributed by atoms with Crippen molar-refractivity contribution in [2.24, 2.45) is 11.8 Å². The van der Waals surface area contributed by atoms with Crippen LogP contribution >= 0.6 is 0 Å². The summed E-state index contributed by atoms with van der Waals surface area (Å²) >= 11 is 0. The zero-order valence-corrected chi connectivity index (χ0v) is 21.9. The number of aliphatic hydroxyl groups excluding tert-OH is 1. The normalized spacial score (nSPS) is 21.3. The zero-order valence-electron chi connectivity index (χ0n) is 21.9. The predicted molar refractivity (Wildman–Crippen MR) is 140 cm³/mol. The highest BCUT2D eigenvalue weighted by molar-refractivity contribution is 6.09. The number of aromatic amines is 1. The minimum Gasteiger partial charge on any atom is -0.492 e. The number of halogens is 1. The van der Waals surface area contributed by atoms with Crippen molar-refractivity contribution >= 4 is 22.8 Å². The molecular weight excluding hydrogens is 489 g/mol. The van der Waals surface area contributed by atoms with Gasteiger partial charge in [0.1, 0.15) is 35.7 Å². The average Bonchev–Trinajstić information content (AvgIpc) is 3.66. The molecule has 2 aromatic heterocycles. The van der Waals surface area contributed by atoms with Gasteiger partial charge in [0.25, 0.3) is 5.91 Å². The molecule has 2 aliphatic carbocycles. The van der Waals surface area contributed by atoms with Crippen LogP contribution in [0.4, 0.5) is 4.39 Å². The summed E-state index contributed by atoms with van der Waals surface area (Å²) in [5.74, 6) is 0.0157. The first kappa shape index (κ1) is 26.1. The molecule has 2 fully saturated rings. The van der Waals surface area contributed by atoms with E-state index in [4.69, 9.17) is 9.84 Å². The van der Waals surface area contributed by atoms with Crippen molar-refractivity contribution in [3.8, 4) is 17.0 Å². The van der Waals surface area contributed by atoms with Crippen LogP contribution in [0.3, 0.4) is 0 Å². The van der Waals surface area contributed by atoms with Gasteiger partial charge in [-0.15, -0.1) is 0 Å². The molecule has 202 valence electrons. The quantitative estimate of drug-likeness (QED) is 0.357. The van der Waals surface area contributed by atoms with E-state index in [1.54, 1.807) is 26.0 Å². The topological polar surface area (TPSA) is 129 Å². The molecule has 0 saturated heterocycles. The number of hydrogen-bond donors (Lipinski definition) is 4. The van der Waals surface area contributed by atoms with E-state index in [1.165, 1.54) is 6.33 Å². The van der Waals surface area contributed by atoms with Crippen molar-refractivity contribution < 1.29 is 23.8 Å². The number of aryl methyl sites for hydroxylation is 2. The fraction of sp³-hybridized carbons (Fsp3) is 0.500. The second kappa shape index (κ2) is 10.7. The van der Waals surface area contributed by atoms with Crippen LogP contribution in [0.1, 0.15) is 60.6 Å². The highest BCUT2D eigenvalue weighted by atomic mass is 19.1. The molecule has 10 heteroatoms. The SMILES string of the molecule is Cc1ccc(OCC2CC2)c(-c2ncnc3c(C(=O)N[C@@H]4CC[C@@H](NC(=O)CO)[C@H](C)C4)c(C)[nH]c23)c1F.